The van der Waals surface area contributed by atoms with Crippen LogP contribution in [0.15, 0.2) is 23.8 Å². The number of aliphatic hydroxyl groups excluding tert-OH is 7. The van der Waals surface area contributed by atoms with Crippen LogP contribution in [0.1, 0.15) is 119 Å². The van der Waals surface area contributed by atoms with Crippen molar-refractivity contribution < 1.29 is 69.0 Å². The second-order valence-electron chi connectivity index (χ2n) is 20.5. The number of carbonyl (C=O) groups is 2. The van der Waals surface area contributed by atoms with Crippen LogP contribution in [0.4, 0.5) is 0 Å². The molecule has 5 aliphatic carbocycles. The van der Waals surface area contributed by atoms with Crippen LogP contribution in [-0.4, -0.2) is 128 Å². The maximum absolute atomic E-state index is 14.5. The van der Waals surface area contributed by atoms with Crippen LogP contribution in [0.25, 0.3) is 0 Å². The van der Waals surface area contributed by atoms with Gasteiger partial charge in [-0.15, -0.1) is 0 Å². The highest BCUT2D eigenvalue weighted by molar-refractivity contribution is 5.79. The van der Waals surface area contributed by atoms with Gasteiger partial charge in [0, 0.05) is 5.92 Å². The van der Waals surface area contributed by atoms with Gasteiger partial charge in [-0.2, -0.15) is 0 Å². The van der Waals surface area contributed by atoms with E-state index in [1.807, 2.05) is 6.92 Å². The Morgan fingerprint density at radius 2 is 1.53 bits per heavy atom. The Kier molecular flexibility index (Phi) is 12.4. The molecule has 2 saturated heterocycles. The van der Waals surface area contributed by atoms with Crippen LogP contribution in [-0.2, 0) is 33.3 Å². The number of carbonyl (C=O) groups excluding carboxylic acids is 2. The lowest BCUT2D eigenvalue weighted by Crippen LogP contribution is -2.66. The number of aliphatic hydroxyl groups is 7. The van der Waals surface area contributed by atoms with Crippen molar-refractivity contribution >= 4 is 11.9 Å². The Balaban J connectivity index is 1.11. The maximum atomic E-state index is 14.5. The predicted octanol–water partition coefficient (Wildman–Crippen LogP) is 3.20. The highest BCUT2D eigenvalue weighted by atomic mass is 16.7. The molecule has 14 nitrogen and oxygen atoms in total. The normalized spacial score (nSPS) is 49.3. The van der Waals surface area contributed by atoms with Gasteiger partial charge in [-0.05, 0) is 104 Å². The molecule has 0 aromatic rings. The molecule has 0 radical (unpaired) electrons. The van der Waals surface area contributed by atoms with Gasteiger partial charge in [-0.3, -0.25) is 4.79 Å². The molecule has 0 amide bonds. The molecule has 334 valence electrons. The van der Waals surface area contributed by atoms with Crippen molar-refractivity contribution in [1.29, 1.82) is 0 Å². The molecule has 2 aliphatic heterocycles. The van der Waals surface area contributed by atoms with Crippen LogP contribution >= 0.6 is 0 Å². The summed E-state index contributed by atoms with van der Waals surface area (Å²) in [6.45, 7) is 17.5. The predicted molar refractivity (Wildman–Crippen MR) is 212 cm³/mol. The Morgan fingerprint density at radius 3 is 2.22 bits per heavy atom. The molecule has 18 atom stereocenters. The van der Waals surface area contributed by atoms with E-state index in [-0.39, 0.29) is 40.8 Å². The third kappa shape index (κ3) is 7.07. The van der Waals surface area contributed by atoms with Crippen LogP contribution < -0.4 is 0 Å². The zero-order valence-electron chi connectivity index (χ0n) is 35.8. The fraction of sp³-hybridized carbons (Fsp3) is 0.867. The number of hydrogen-bond donors (Lipinski definition) is 7. The molecule has 7 aliphatic rings. The number of unbranched alkanes of at least 4 members (excludes halogenated alkanes) is 1. The van der Waals surface area contributed by atoms with Crippen molar-refractivity contribution in [2.24, 2.45) is 44.8 Å². The van der Waals surface area contributed by atoms with E-state index in [2.05, 4.69) is 47.3 Å². The molecule has 7 N–H and O–H groups in total. The van der Waals surface area contributed by atoms with E-state index >= 15 is 0 Å². The summed E-state index contributed by atoms with van der Waals surface area (Å²) in [7, 11) is 0. The van der Waals surface area contributed by atoms with Crippen molar-refractivity contribution in [1.82, 2.24) is 0 Å². The monoisotopic (exact) mass is 834 g/mol. The zero-order chi connectivity index (χ0) is 43.0. The van der Waals surface area contributed by atoms with Crippen LogP contribution in [0.3, 0.4) is 0 Å². The van der Waals surface area contributed by atoms with E-state index in [0.29, 0.717) is 44.4 Å². The van der Waals surface area contributed by atoms with E-state index in [9.17, 15) is 45.3 Å². The molecule has 4 saturated carbocycles. The number of allylic oxidation sites excluding steroid dienone is 3. The number of fused-ring (bicyclic) bond motifs is 7. The summed E-state index contributed by atoms with van der Waals surface area (Å²) in [5, 5.41) is 73.7. The summed E-state index contributed by atoms with van der Waals surface area (Å²) in [6, 6.07) is 0. The quantitative estimate of drug-likeness (QED) is 0.0768. The number of rotatable bonds is 9. The average Bonchev–Trinajstić information content (AvgIpc) is 3.19. The van der Waals surface area contributed by atoms with E-state index in [1.165, 1.54) is 5.57 Å². The number of hydrogen-bond acceptors (Lipinski definition) is 14. The van der Waals surface area contributed by atoms with E-state index < -0.39 is 90.8 Å². The van der Waals surface area contributed by atoms with Crippen molar-refractivity contribution in [3.05, 3.63) is 23.8 Å². The average molecular weight is 835 g/mol. The Bertz CT molecular complexity index is 1630. The summed E-state index contributed by atoms with van der Waals surface area (Å²) >= 11 is 0. The molecule has 0 aromatic carbocycles. The van der Waals surface area contributed by atoms with Gasteiger partial charge in [0.2, 0.25) is 6.29 Å². The summed E-state index contributed by atoms with van der Waals surface area (Å²) in [6.07, 6.45) is -4.48. The third-order valence-corrected chi connectivity index (χ3v) is 17.3. The fourth-order valence-corrected chi connectivity index (χ4v) is 13.5. The molecule has 2 heterocycles. The second kappa shape index (κ2) is 16.3. The molecule has 0 bridgehead atoms. The Labute approximate surface area is 348 Å². The minimum atomic E-state index is -1.68. The van der Waals surface area contributed by atoms with E-state index in [0.717, 1.165) is 44.1 Å². The molecule has 0 aromatic heterocycles. The van der Waals surface area contributed by atoms with Crippen molar-refractivity contribution in [3.8, 4) is 0 Å². The first kappa shape index (κ1) is 45.1. The standard InChI is InChI=1S/C45H70O14/c1-8-9-20-55-37(53)36-33(50)32(49)35(52)39(58-36)57-29-14-15-42(5)27(41(29,3)4)13-16-44(7)28(42)11-10-24-25-21-23(2)12-17-45(25,19-18-43(24,44)6)40(54)59-38-34(51)31(48)30(47)26(22-46)56-38/h10,25-36,38-39,46-52H,2,8-9,11-22H2,1,3-7H3/t25-,26-,27-,28+,29-,30-,31+,32-,33-,34-,35+,36-,38+,39+,42-,43+,44+,45-/m0/s1. The second-order valence-corrected chi connectivity index (χ2v) is 20.5. The van der Waals surface area contributed by atoms with Gasteiger partial charge in [0.15, 0.2) is 12.4 Å². The lowest BCUT2D eigenvalue weighted by molar-refractivity contribution is -0.324. The summed E-state index contributed by atoms with van der Waals surface area (Å²) in [5.74, 6) is -0.943. The highest BCUT2D eigenvalue weighted by Gasteiger charge is 2.69. The lowest BCUT2D eigenvalue weighted by atomic mass is 9.34. The van der Waals surface area contributed by atoms with Crippen LogP contribution in [0.2, 0.25) is 0 Å². The number of esters is 2. The maximum Gasteiger partial charge on any atom is 0.338 e. The zero-order valence-corrected chi connectivity index (χ0v) is 35.8. The largest absolute Gasteiger partial charge is 0.464 e. The number of ether oxygens (including phenoxy) is 5. The van der Waals surface area contributed by atoms with Crippen molar-refractivity contribution in [2.45, 2.75) is 186 Å². The highest BCUT2D eigenvalue weighted by Crippen LogP contribution is 2.75. The lowest BCUT2D eigenvalue weighted by Gasteiger charge is -2.71. The minimum Gasteiger partial charge on any atom is -0.464 e. The Morgan fingerprint density at radius 1 is 0.831 bits per heavy atom. The van der Waals surface area contributed by atoms with Gasteiger partial charge in [0.25, 0.3) is 0 Å². The molecule has 14 heteroatoms. The van der Waals surface area contributed by atoms with Gasteiger partial charge in [0.1, 0.15) is 42.7 Å². The topological polar surface area (TPSA) is 222 Å². The van der Waals surface area contributed by atoms with Gasteiger partial charge in [-0.25, -0.2) is 4.79 Å². The summed E-state index contributed by atoms with van der Waals surface area (Å²) < 4.78 is 29.3. The molecule has 6 fully saturated rings. The molecule has 0 spiro atoms. The first-order valence-electron chi connectivity index (χ1n) is 22.1. The minimum absolute atomic E-state index is 0.0957. The molecular weight excluding hydrogens is 764 g/mol. The van der Waals surface area contributed by atoms with Gasteiger partial charge >= 0.3 is 11.9 Å². The third-order valence-electron chi connectivity index (χ3n) is 17.3. The SMILES string of the molecule is C=C1CC[C@]2(C(=O)O[C@H]3O[C@@H](CO)[C@H](O)[C@@H](O)[C@@H]3O)CC[C@]3(C)C(=CC[C@@H]4[C@@]5(C)CC[C@H](O[C@@H]6O[C@H](C(=O)OCCCC)[C@@H](O)[C@H](O)[C@H]6O)C(C)(C)[C@@H]5CC[C@]43C)[C@@H]2C1. The Hall–Kier alpha value is -1.98. The van der Waals surface area contributed by atoms with Crippen molar-refractivity contribution in [2.75, 3.05) is 13.2 Å². The summed E-state index contributed by atoms with van der Waals surface area (Å²) in [5.41, 5.74) is 0.598. The first-order valence-corrected chi connectivity index (χ1v) is 22.1. The molecule has 7 rings (SSSR count). The molecule has 0 unspecified atom stereocenters. The molecular formula is C45H70O14. The molecule has 59 heavy (non-hydrogen) atoms. The van der Waals surface area contributed by atoms with Gasteiger partial charge in [0.05, 0.1) is 24.7 Å². The van der Waals surface area contributed by atoms with Crippen LogP contribution in [0.5, 0.6) is 0 Å². The van der Waals surface area contributed by atoms with Gasteiger partial charge < -0.3 is 59.4 Å². The van der Waals surface area contributed by atoms with Gasteiger partial charge in [-0.1, -0.05) is 71.8 Å². The van der Waals surface area contributed by atoms with Crippen molar-refractivity contribution in [3.63, 3.8) is 0 Å². The van der Waals surface area contributed by atoms with E-state index in [1.54, 1.807) is 0 Å². The smallest absolute Gasteiger partial charge is 0.338 e. The fourth-order valence-electron chi connectivity index (χ4n) is 13.5. The summed E-state index contributed by atoms with van der Waals surface area (Å²) in [4.78, 5) is 27.4. The first-order chi connectivity index (χ1) is 27.7. The van der Waals surface area contributed by atoms with E-state index in [4.69, 9.17) is 23.7 Å². The van der Waals surface area contributed by atoms with Crippen LogP contribution in [0, 0.1) is 44.8 Å².